The van der Waals surface area contributed by atoms with E-state index < -0.39 is 10.0 Å². The van der Waals surface area contributed by atoms with E-state index in [2.05, 4.69) is 26.0 Å². The Kier molecular flexibility index (Phi) is 6.53. The van der Waals surface area contributed by atoms with Crippen LogP contribution in [0, 0.1) is 0 Å². The predicted octanol–water partition coefficient (Wildman–Crippen LogP) is 2.99. The van der Waals surface area contributed by atoms with Crippen LogP contribution < -0.4 is 10.0 Å². The quantitative estimate of drug-likeness (QED) is 0.736. The summed E-state index contributed by atoms with van der Waals surface area (Å²) in [5, 5.41) is 2.85. The zero-order valence-electron chi connectivity index (χ0n) is 13.2. The van der Waals surface area contributed by atoms with E-state index in [-0.39, 0.29) is 29.8 Å². The second-order valence-corrected chi connectivity index (χ2v) is 7.99. The van der Waals surface area contributed by atoms with E-state index in [4.69, 9.17) is 0 Å². The summed E-state index contributed by atoms with van der Waals surface area (Å²) in [6.45, 7) is 1.93. The maximum atomic E-state index is 12.1. The van der Waals surface area contributed by atoms with E-state index in [1.807, 2.05) is 37.3 Å². The normalized spacial score (nSPS) is 12.6. The summed E-state index contributed by atoms with van der Waals surface area (Å²) in [4.78, 5) is 12.1. The van der Waals surface area contributed by atoms with Crippen LogP contribution in [-0.2, 0) is 14.8 Å². The third-order valence-corrected chi connectivity index (χ3v) is 5.38. The second kappa shape index (κ2) is 8.41. The van der Waals surface area contributed by atoms with Gasteiger partial charge in [0, 0.05) is 17.4 Å². The number of hydrogen-bond donors (Lipinski definition) is 2. The molecule has 0 aromatic heterocycles. The van der Waals surface area contributed by atoms with Gasteiger partial charge in [-0.25, -0.2) is 13.1 Å². The number of hydrogen-bond acceptors (Lipinski definition) is 3. The molecule has 128 valence electrons. The Labute approximate surface area is 150 Å². The molecule has 0 saturated heterocycles. The summed E-state index contributed by atoms with van der Waals surface area (Å²) in [7, 11) is -3.62. The van der Waals surface area contributed by atoms with Gasteiger partial charge in [0.05, 0.1) is 10.9 Å². The van der Waals surface area contributed by atoms with E-state index in [9.17, 15) is 13.2 Å². The minimum Gasteiger partial charge on any atom is -0.350 e. The van der Waals surface area contributed by atoms with Gasteiger partial charge in [0.2, 0.25) is 15.9 Å². The van der Waals surface area contributed by atoms with Crippen LogP contribution in [0.3, 0.4) is 0 Å². The van der Waals surface area contributed by atoms with E-state index in [1.54, 1.807) is 12.1 Å². The lowest BCUT2D eigenvalue weighted by molar-refractivity contribution is -0.121. The fourth-order valence-electron chi connectivity index (χ4n) is 2.16. The molecule has 0 fully saturated rings. The van der Waals surface area contributed by atoms with Crippen molar-refractivity contribution in [3.8, 4) is 0 Å². The fourth-order valence-corrected chi connectivity index (χ4v) is 3.78. The van der Waals surface area contributed by atoms with Crippen molar-refractivity contribution in [2.45, 2.75) is 24.3 Å². The Hall–Kier alpha value is -1.70. The molecule has 0 aliphatic rings. The molecule has 2 aromatic rings. The molecule has 7 heteroatoms. The SMILES string of the molecule is C[C@@H](NC(=O)CCNS(=O)(=O)c1cccc(Br)c1)c1ccccc1. The molecule has 1 atom stereocenters. The van der Waals surface area contributed by atoms with Crippen molar-refractivity contribution in [1.29, 1.82) is 0 Å². The molecule has 0 bridgehead atoms. The van der Waals surface area contributed by atoms with E-state index in [0.717, 1.165) is 5.56 Å². The summed E-state index contributed by atoms with van der Waals surface area (Å²) in [6.07, 6.45) is 0.0738. The van der Waals surface area contributed by atoms with Crippen LogP contribution in [0.2, 0.25) is 0 Å². The van der Waals surface area contributed by atoms with Crippen molar-refractivity contribution >= 4 is 31.9 Å². The monoisotopic (exact) mass is 410 g/mol. The first kappa shape index (κ1) is 18.6. The maximum Gasteiger partial charge on any atom is 0.240 e. The maximum absolute atomic E-state index is 12.1. The largest absolute Gasteiger partial charge is 0.350 e. The van der Waals surface area contributed by atoms with Gasteiger partial charge in [-0.05, 0) is 30.7 Å². The Morgan fingerprint density at radius 3 is 2.50 bits per heavy atom. The molecule has 5 nitrogen and oxygen atoms in total. The van der Waals surface area contributed by atoms with Gasteiger partial charge >= 0.3 is 0 Å². The summed E-state index contributed by atoms with van der Waals surface area (Å²) in [5.74, 6) is -0.205. The summed E-state index contributed by atoms with van der Waals surface area (Å²) in [5.41, 5.74) is 1.00. The van der Waals surface area contributed by atoms with Gasteiger partial charge in [0.25, 0.3) is 0 Å². The first-order chi connectivity index (χ1) is 11.4. The third kappa shape index (κ3) is 5.43. The summed E-state index contributed by atoms with van der Waals surface area (Å²) >= 11 is 3.24. The van der Waals surface area contributed by atoms with Crippen LogP contribution in [0.15, 0.2) is 64.0 Å². The summed E-state index contributed by atoms with van der Waals surface area (Å²) in [6, 6.07) is 15.9. The summed E-state index contributed by atoms with van der Waals surface area (Å²) < 4.78 is 27.4. The zero-order chi connectivity index (χ0) is 17.6. The minimum atomic E-state index is -3.62. The van der Waals surface area contributed by atoms with Gasteiger partial charge in [0.15, 0.2) is 0 Å². The lowest BCUT2D eigenvalue weighted by Gasteiger charge is -2.14. The molecular formula is C17H19BrN2O3S. The number of carbonyl (C=O) groups excluding carboxylic acids is 1. The molecule has 0 radical (unpaired) electrons. The lowest BCUT2D eigenvalue weighted by Crippen LogP contribution is -2.32. The molecule has 0 saturated carbocycles. The van der Waals surface area contributed by atoms with Gasteiger partial charge in [-0.15, -0.1) is 0 Å². The van der Waals surface area contributed by atoms with E-state index in [1.165, 1.54) is 12.1 Å². The Morgan fingerprint density at radius 2 is 1.83 bits per heavy atom. The Bertz CT molecular complexity index is 794. The van der Waals surface area contributed by atoms with Crippen molar-refractivity contribution in [1.82, 2.24) is 10.0 Å². The smallest absolute Gasteiger partial charge is 0.240 e. The predicted molar refractivity (Wildman–Crippen MR) is 96.9 cm³/mol. The molecule has 1 amide bonds. The zero-order valence-corrected chi connectivity index (χ0v) is 15.6. The van der Waals surface area contributed by atoms with Crippen molar-refractivity contribution in [2.75, 3.05) is 6.54 Å². The van der Waals surface area contributed by atoms with Crippen LogP contribution in [0.25, 0.3) is 0 Å². The number of nitrogens with one attached hydrogen (secondary N) is 2. The average molecular weight is 411 g/mol. The topological polar surface area (TPSA) is 75.3 Å². The molecular weight excluding hydrogens is 392 g/mol. The number of amides is 1. The average Bonchev–Trinajstić information content (AvgIpc) is 2.55. The number of rotatable bonds is 7. The van der Waals surface area contributed by atoms with Crippen LogP contribution >= 0.6 is 15.9 Å². The molecule has 0 aliphatic carbocycles. The number of benzene rings is 2. The first-order valence-electron chi connectivity index (χ1n) is 7.48. The number of halogens is 1. The van der Waals surface area contributed by atoms with Crippen molar-refractivity contribution in [3.05, 3.63) is 64.6 Å². The standard InChI is InChI=1S/C17H19BrN2O3S/c1-13(14-6-3-2-4-7-14)20-17(21)10-11-19-24(22,23)16-9-5-8-15(18)12-16/h2-9,12-13,19H,10-11H2,1H3,(H,20,21)/t13-/m1/s1. The highest BCUT2D eigenvalue weighted by Gasteiger charge is 2.15. The fraction of sp³-hybridized carbons (Fsp3) is 0.235. The minimum absolute atomic E-state index is 0.0438. The lowest BCUT2D eigenvalue weighted by atomic mass is 10.1. The number of carbonyl (C=O) groups is 1. The van der Waals surface area contributed by atoms with Gasteiger partial charge in [0.1, 0.15) is 0 Å². The molecule has 24 heavy (non-hydrogen) atoms. The van der Waals surface area contributed by atoms with Gasteiger partial charge in [-0.1, -0.05) is 52.3 Å². The molecule has 2 aromatic carbocycles. The van der Waals surface area contributed by atoms with Crippen molar-refractivity contribution in [2.24, 2.45) is 0 Å². The van der Waals surface area contributed by atoms with E-state index in [0.29, 0.717) is 4.47 Å². The van der Waals surface area contributed by atoms with Crippen LogP contribution in [0.5, 0.6) is 0 Å². The second-order valence-electron chi connectivity index (χ2n) is 5.31. The van der Waals surface area contributed by atoms with Gasteiger partial charge in [-0.3, -0.25) is 4.79 Å². The molecule has 0 heterocycles. The van der Waals surface area contributed by atoms with Gasteiger partial charge < -0.3 is 5.32 Å². The third-order valence-electron chi connectivity index (χ3n) is 3.43. The highest BCUT2D eigenvalue weighted by atomic mass is 79.9. The number of sulfonamides is 1. The molecule has 2 N–H and O–H groups in total. The highest BCUT2D eigenvalue weighted by Crippen LogP contribution is 2.16. The first-order valence-corrected chi connectivity index (χ1v) is 9.75. The molecule has 0 aliphatic heterocycles. The Morgan fingerprint density at radius 1 is 1.12 bits per heavy atom. The molecule has 0 unspecified atom stereocenters. The van der Waals surface area contributed by atoms with Crippen molar-refractivity contribution in [3.63, 3.8) is 0 Å². The Balaban J connectivity index is 1.84. The van der Waals surface area contributed by atoms with Crippen LogP contribution in [-0.4, -0.2) is 20.9 Å². The van der Waals surface area contributed by atoms with Crippen LogP contribution in [0.4, 0.5) is 0 Å². The molecule has 2 rings (SSSR count). The van der Waals surface area contributed by atoms with E-state index >= 15 is 0 Å². The highest BCUT2D eigenvalue weighted by molar-refractivity contribution is 9.10. The molecule has 0 spiro atoms. The van der Waals surface area contributed by atoms with Crippen LogP contribution in [0.1, 0.15) is 24.9 Å². The van der Waals surface area contributed by atoms with Crippen molar-refractivity contribution < 1.29 is 13.2 Å². The van der Waals surface area contributed by atoms with Gasteiger partial charge in [-0.2, -0.15) is 0 Å².